The fraction of sp³-hybridized carbons (Fsp3) is 0.536. The van der Waals surface area contributed by atoms with Crippen LogP contribution in [0.3, 0.4) is 0 Å². The van der Waals surface area contributed by atoms with Gasteiger partial charge in [-0.05, 0) is 44.6 Å². The van der Waals surface area contributed by atoms with Gasteiger partial charge in [0.25, 0.3) is 0 Å². The van der Waals surface area contributed by atoms with E-state index in [1.807, 2.05) is 30.3 Å². The first-order chi connectivity index (χ1) is 16.8. The number of esters is 1. The van der Waals surface area contributed by atoms with Crippen molar-refractivity contribution in [1.82, 2.24) is 10.6 Å². The van der Waals surface area contributed by atoms with Gasteiger partial charge in [0.2, 0.25) is 11.8 Å². The van der Waals surface area contributed by atoms with Gasteiger partial charge in [0, 0.05) is 6.42 Å². The van der Waals surface area contributed by atoms with Crippen LogP contribution in [0.4, 0.5) is 0 Å². The summed E-state index contributed by atoms with van der Waals surface area (Å²) in [6.07, 6.45) is 7.62. The zero-order valence-electron chi connectivity index (χ0n) is 20.8. The molecule has 0 radical (unpaired) electrons. The third kappa shape index (κ3) is 9.32. The van der Waals surface area contributed by atoms with Crippen molar-refractivity contribution >= 4 is 17.8 Å². The predicted octanol–water partition coefficient (Wildman–Crippen LogP) is 3.47. The van der Waals surface area contributed by atoms with Crippen molar-refractivity contribution in [2.45, 2.75) is 69.9 Å². The Balaban J connectivity index is 1.85. The van der Waals surface area contributed by atoms with Crippen LogP contribution in [0.1, 0.15) is 57.4 Å². The Morgan fingerprint density at radius 3 is 2.31 bits per heavy atom. The molecule has 0 unspecified atom stereocenters. The van der Waals surface area contributed by atoms with Gasteiger partial charge in [-0.25, -0.2) is 0 Å². The Labute approximate surface area is 209 Å². The smallest absolute Gasteiger partial charge is 0.309 e. The molecule has 7 nitrogen and oxygen atoms in total. The van der Waals surface area contributed by atoms with E-state index in [0.29, 0.717) is 19.3 Å². The standard InChI is InChI=1S/C28H40N2O5/c1-4-11-23(18-25(32)30-28(20-31)15-9-10-16-28)26(33)29-19-21(3)35-27(34)24(12-5-2)17-22-13-7-6-8-14-22/h4-8,13-14,21,23-24,31H,1-2,9-12,15-20H2,3H3,(H,29,33)(H,30,32)/t21-,23-,24-/m0/s1. The number of carbonyl (C=O) groups excluding carboxylic acids is 3. The van der Waals surface area contributed by atoms with Crippen LogP contribution in [0.5, 0.6) is 0 Å². The second-order valence-corrected chi connectivity index (χ2v) is 9.52. The van der Waals surface area contributed by atoms with E-state index in [1.165, 1.54) is 0 Å². The van der Waals surface area contributed by atoms with Gasteiger partial charge < -0.3 is 20.5 Å². The first kappa shape index (κ1) is 28.3. The Morgan fingerprint density at radius 2 is 1.71 bits per heavy atom. The Kier molecular flexibility index (Phi) is 11.7. The minimum Gasteiger partial charge on any atom is -0.461 e. The summed E-state index contributed by atoms with van der Waals surface area (Å²) in [6.45, 7) is 9.22. The second-order valence-electron chi connectivity index (χ2n) is 9.52. The molecular weight excluding hydrogens is 444 g/mol. The lowest BCUT2D eigenvalue weighted by Gasteiger charge is -2.28. The Hall–Kier alpha value is -2.93. The Bertz CT molecular complexity index is 848. The lowest BCUT2D eigenvalue weighted by atomic mass is 9.95. The van der Waals surface area contributed by atoms with Gasteiger partial charge in [0.15, 0.2) is 0 Å². The predicted molar refractivity (Wildman–Crippen MR) is 136 cm³/mol. The number of aliphatic hydroxyl groups is 1. The number of allylic oxidation sites excluding steroid dienone is 2. The third-order valence-electron chi connectivity index (χ3n) is 6.51. The molecule has 1 aromatic rings. The second kappa shape index (κ2) is 14.5. The lowest BCUT2D eigenvalue weighted by molar-refractivity contribution is -0.153. The zero-order valence-corrected chi connectivity index (χ0v) is 20.8. The summed E-state index contributed by atoms with van der Waals surface area (Å²) < 4.78 is 5.60. The van der Waals surface area contributed by atoms with Crippen LogP contribution >= 0.6 is 0 Å². The summed E-state index contributed by atoms with van der Waals surface area (Å²) in [4.78, 5) is 38.1. The van der Waals surface area contributed by atoms with Crippen molar-refractivity contribution in [3.05, 3.63) is 61.2 Å². The molecule has 1 fully saturated rings. The van der Waals surface area contributed by atoms with Crippen LogP contribution in [0.2, 0.25) is 0 Å². The number of benzene rings is 1. The van der Waals surface area contributed by atoms with Gasteiger partial charge in [-0.3, -0.25) is 14.4 Å². The molecule has 192 valence electrons. The maximum Gasteiger partial charge on any atom is 0.309 e. The fourth-order valence-corrected chi connectivity index (χ4v) is 4.52. The van der Waals surface area contributed by atoms with Crippen LogP contribution < -0.4 is 10.6 Å². The number of hydrogen-bond donors (Lipinski definition) is 3. The number of ether oxygens (including phenoxy) is 1. The molecule has 2 rings (SSSR count). The van der Waals surface area contributed by atoms with Crippen molar-refractivity contribution in [1.29, 1.82) is 0 Å². The van der Waals surface area contributed by atoms with E-state index >= 15 is 0 Å². The molecule has 1 saturated carbocycles. The molecular formula is C28H40N2O5. The number of aliphatic hydroxyl groups excluding tert-OH is 1. The highest BCUT2D eigenvalue weighted by Crippen LogP contribution is 2.29. The molecule has 0 bridgehead atoms. The summed E-state index contributed by atoms with van der Waals surface area (Å²) in [5.41, 5.74) is 0.472. The van der Waals surface area contributed by atoms with Crippen molar-refractivity contribution in [2.75, 3.05) is 13.2 Å². The summed E-state index contributed by atoms with van der Waals surface area (Å²) in [6, 6.07) is 9.73. The molecule has 3 N–H and O–H groups in total. The largest absolute Gasteiger partial charge is 0.461 e. The Morgan fingerprint density at radius 1 is 1.09 bits per heavy atom. The molecule has 0 aliphatic heterocycles. The lowest BCUT2D eigenvalue weighted by Crippen LogP contribution is -2.50. The normalized spacial score (nSPS) is 17.0. The number of rotatable bonds is 15. The number of carbonyl (C=O) groups is 3. The molecule has 0 saturated heterocycles. The molecule has 35 heavy (non-hydrogen) atoms. The molecule has 0 aromatic heterocycles. The van der Waals surface area contributed by atoms with E-state index < -0.39 is 17.6 Å². The maximum absolute atomic E-state index is 12.8. The molecule has 0 spiro atoms. The van der Waals surface area contributed by atoms with Crippen molar-refractivity contribution < 1.29 is 24.2 Å². The van der Waals surface area contributed by atoms with Gasteiger partial charge in [-0.1, -0.05) is 55.3 Å². The van der Waals surface area contributed by atoms with Gasteiger partial charge in [0.05, 0.1) is 30.5 Å². The van der Waals surface area contributed by atoms with Crippen LogP contribution in [-0.2, 0) is 25.5 Å². The third-order valence-corrected chi connectivity index (χ3v) is 6.51. The van der Waals surface area contributed by atoms with E-state index in [1.54, 1.807) is 19.1 Å². The fourth-order valence-electron chi connectivity index (χ4n) is 4.52. The molecule has 1 aliphatic rings. The molecule has 1 aliphatic carbocycles. The van der Waals surface area contributed by atoms with Gasteiger partial charge in [-0.15, -0.1) is 13.2 Å². The van der Waals surface area contributed by atoms with Crippen LogP contribution in [0.15, 0.2) is 55.6 Å². The molecule has 0 heterocycles. The molecule has 2 amide bonds. The summed E-state index contributed by atoms with van der Waals surface area (Å²) in [7, 11) is 0. The van der Waals surface area contributed by atoms with Gasteiger partial charge in [0.1, 0.15) is 6.10 Å². The number of amides is 2. The van der Waals surface area contributed by atoms with Crippen LogP contribution in [0, 0.1) is 11.8 Å². The van der Waals surface area contributed by atoms with Gasteiger partial charge >= 0.3 is 5.97 Å². The SMILES string of the molecule is C=CC[C@@H](CC(=O)NC1(CO)CCCC1)C(=O)NC[C@H](C)OC(=O)[C@@H](CC=C)Cc1ccccc1. The van der Waals surface area contributed by atoms with E-state index in [0.717, 1.165) is 31.2 Å². The topological polar surface area (TPSA) is 105 Å². The monoisotopic (exact) mass is 484 g/mol. The highest BCUT2D eigenvalue weighted by Gasteiger charge is 2.35. The first-order valence-electron chi connectivity index (χ1n) is 12.5. The van der Waals surface area contributed by atoms with Crippen molar-refractivity contribution in [3.63, 3.8) is 0 Å². The molecule has 1 aromatic carbocycles. The summed E-state index contributed by atoms with van der Waals surface area (Å²) >= 11 is 0. The molecule has 3 atom stereocenters. The van der Waals surface area contributed by atoms with Crippen LogP contribution in [-0.4, -0.2) is 47.7 Å². The minimum absolute atomic E-state index is 0.00621. The van der Waals surface area contributed by atoms with Crippen LogP contribution in [0.25, 0.3) is 0 Å². The van der Waals surface area contributed by atoms with E-state index in [2.05, 4.69) is 23.8 Å². The summed E-state index contributed by atoms with van der Waals surface area (Å²) in [5, 5.41) is 15.5. The highest BCUT2D eigenvalue weighted by molar-refractivity contribution is 5.86. The number of nitrogens with one attached hydrogen (secondary N) is 2. The van der Waals surface area contributed by atoms with E-state index in [9.17, 15) is 19.5 Å². The van der Waals surface area contributed by atoms with Crippen molar-refractivity contribution in [3.8, 4) is 0 Å². The summed E-state index contributed by atoms with van der Waals surface area (Å²) in [5.74, 6) is -1.81. The van der Waals surface area contributed by atoms with Gasteiger partial charge in [-0.2, -0.15) is 0 Å². The average molecular weight is 485 g/mol. The van der Waals surface area contributed by atoms with E-state index in [4.69, 9.17) is 4.74 Å². The first-order valence-corrected chi connectivity index (χ1v) is 12.5. The maximum atomic E-state index is 12.8. The minimum atomic E-state index is -0.584. The zero-order chi connectivity index (χ0) is 25.7. The highest BCUT2D eigenvalue weighted by atomic mass is 16.5. The van der Waals surface area contributed by atoms with Crippen molar-refractivity contribution in [2.24, 2.45) is 11.8 Å². The average Bonchev–Trinajstić information content (AvgIpc) is 3.31. The quantitative estimate of drug-likeness (QED) is 0.261. The molecule has 7 heteroatoms. The number of hydrogen-bond acceptors (Lipinski definition) is 5. The van der Waals surface area contributed by atoms with E-state index in [-0.39, 0.29) is 43.3 Å².